The number of rotatable bonds is 9. The Balaban J connectivity index is 2.84. The first-order valence-electron chi connectivity index (χ1n) is 8.14. The maximum Gasteiger partial charge on any atom is 0.0406 e. The Hall–Kier alpha value is -0.570. The van der Waals surface area contributed by atoms with Crippen LogP contribution in [0.2, 0.25) is 5.02 Å². The van der Waals surface area contributed by atoms with Crippen molar-refractivity contribution in [2.45, 2.75) is 65.0 Å². The normalized spacial score (nSPS) is 14.7. The van der Waals surface area contributed by atoms with Crippen molar-refractivity contribution in [1.82, 2.24) is 4.90 Å². The molecule has 0 saturated carbocycles. The van der Waals surface area contributed by atoms with Crippen molar-refractivity contribution in [3.63, 3.8) is 0 Å². The summed E-state index contributed by atoms with van der Waals surface area (Å²) in [4.78, 5) is 2.57. The zero-order valence-corrected chi connectivity index (χ0v) is 14.8. The smallest absolute Gasteiger partial charge is 0.0406 e. The zero-order chi connectivity index (χ0) is 15.9. The molecule has 0 fully saturated rings. The predicted molar refractivity (Wildman–Crippen MR) is 94.0 cm³/mol. The van der Waals surface area contributed by atoms with Gasteiger partial charge in [0.1, 0.15) is 0 Å². The van der Waals surface area contributed by atoms with Crippen molar-refractivity contribution in [3.05, 3.63) is 34.9 Å². The van der Waals surface area contributed by atoms with Crippen LogP contribution in [0.25, 0.3) is 0 Å². The standard InChI is InChI=1S/C18H31ClN2/c1-5-6-7-12-21(15(2)3)18(4,14-20)13-16-8-10-17(19)11-9-16/h8-11,15H,5-7,12-14,20H2,1-4H3. The molecule has 0 aromatic heterocycles. The van der Waals surface area contributed by atoms with Gasteiger partial charge in [0.15, 0.2) is 0 Å². The largest absolute Gasteiger partial charge is 0.329 e. The van der Waals surface area contributed by atoms with Crippen LogP contribution in [0.5, 0.6) is 0 Å². The molecule has 1 rings (SSSR count). The van der Waals surface area contributed by atoms with E-state index in [0.29, 0.717) is 12.6 Å². The molecule has 0 radical (unpaired) electrons. The number of benzene rings is 1. The fraction of sp³-hybridized carbons (Fsp3) is 0.667. The highest BCUT2D eigenvalue weighted by atomic mass is 35.5. The average molecular weight is 311 g/mol. The van der Waals surface area contributed by atoms with E-state index in [0.717, 1.165) is 18.0 Å². The minimum Gasteiger partial charge on any atom is -0.329 e. The molecule has 0 aliphatic carbocycles. The lowest BCUT2D eigenvalue weighted by Crippen LogP contribution is -2.56. The first kappa shape index (κ1) is 18.5. The van der Waals surface area contributed by atoms with Crippen molar-refractivity contribution in [2.75, 3.05) is 13.1 Å². The minimum atomic E-state index is -0.00423. The van der Waals surface area contributed by atoms with Gasteiger partial charge in [0, 0.05) is 23.1 Å². The van der Waals surface area contributed by atoms with Crippen LogP contribution in [0.1, 0.15) is 52.5 Å². The number of hydrogen-bond donors (Lipinski definition) is 1. The van der Waals surface area contributed by atoms with Crippen LogP contribution >= 0.6 is 11.6 Å². The second kappa shape index (κ2) is 8.77. The Morgan fingerprint density at radius 3 is 2.29 bits per heavy atom. The molecular weight excluding hydrogens is 280 g/mol. The van der Waals surface area contributed by atoms with Crippen molar-refractivity contribution >= 4 is 11.6 Å². The highest BCUT2D eigenvalue weighted by molar-refractivity contribution is 6.30. The molecule has 1 aromatic rings. The van der Waals surface area contributed by atoms with Gasteiger partial charge in [-0.2, -0.15) is 0 Å². The number of unbranched alkanes of at least 4 members (excludes halogenated alkanes) is 2. The maximum atomic E-state index is 6.16. The minimum absolute atomic E-state index is 0.00423. The fourth-order valence-electron chi connectivity index (χ4n) is 3.02. The summed E-state index contributed by atoms with van der Waals surface area (Å²) in [5, 5.41) is 0.789. The second-order valence-corrected chi connectivity index (χ2v) is 6.93. The van der Waals surface area contributed by atoms with Gasteiger partial charge in [-0.05, 0) is 57.9 Å². The van der Waals surface area contributed by atoms with Gasteiger partial charge in [0.05, 0.1) is 0 Å². The third kappa shape index (κ3) is 5.61. The lowest BCUT2D eigenvalue weighted by molar-refractivity contribution is 0.0736. The first-order valence-corrected chi connectivity index (χ1v) is 8.52. The topological polar surface area (TPSA) is 29.3 Å². The van der Waals surface area contributed by atoms with E-state index in [1.165, 1.54) is 24.8 Å². The Bertz CT molecular complexity index is 402. The van der Waals surface area contributed by atoms with E-state index in [1.807, 2.05) is 12.1 Å². The van der Waals surface area contributed by atoms with Gasteiger partial charge in [0.2, 0.25) is 0 Å². The Morgan fingerprint density at radius 2 is 1.81 bits per heavy atom. The van der Waals surface area contributed by atoms with Crippen LogP contribution in [-0.4, -0.2) is 29.6 Å². The number of nitrogens with zero attached hydrogens (tertiary/aromatic N) is 1. The fourth-order valence-corrected chi connectivity index (χ4v) is 3.14. The van der Waals surface area contributed by atoms with Crippen LogP contribution < -0.4 is 5.73 Å². The van der Waals surface area contributed by atoms with Crippen molar-refractivity contribution in [3.8, 4) is 0 Å². The average Bonchev–Trinajstić information content (AvgIpc) is 2.45. The summed E-state index contributed by atoms with van der Waals surface area (Å²) in [6.45, 7) is 10.8. The third-order valence-corrected chi connectivity index (χ3v) is 4.51. The summed E-state index contributed by atoms with van der Waals surface area (Å²) >= 11 is 5.98. The van der Waals surface area contributed by atoms with Crippen molar-refractivity contribution in [2.24, 2.45) is 5.73 Å². The van der Waals surface area contributed by atoms with E-state index < -0.39 is 0 Å². The van der Waals surface area contributed by atoms with Crippen molar-refractivity contribution < 1.29 is 0 Å². The summed E-state index contributed by atoms with van der Waals surface area (Å²) in [7, 11) is 0. The molecule has 0 aliphatic heterocycles. The molecule has 3 heteroatoms. The van der Waals surface area contributed by atoms with Gasteiger partial charge in [-0.1, -0.05) is 43.5 Å². The van der Waals surface area contributed by atoms with E-state index >= 15 is 0 Å². The molecule has 0 spiro atoms. The lowest BCUT2D eigenvalue weighted by Gasteiger charge is -2.44. The lowest BCUT2D eigenvalue weighted by atomic mass is 9.89. The SMILES string of the molecule is CCCCCN(C(C)C)C(C)(CN)Cc1ccc(Cl)cc1. The highest BCUT2D eigenvalue weighted by Crippen LogP contribution is 2.24. The summed E-state index contributed by atoms with van der Waals surface area (Å²) < 4.78 is 0. The van der Waals surface area contributed by atoms with Crippen molar-refractivity contribution in [1.29, 1.82) is 0 Å². The van der Waals surface area contributed by atoms with E-state index in [-0.39, 0.29) is 5.54 Å². The molecule has 1 aromatic carbocycles. The molecule has 0 bridgehead atoms. The Labute approximate surface area is 135 Å². The van der Waals surface area contributed by atoms with Gasteiger partial charge in [-0.3, -0.25) is 4.90 Å². The van der Waals surface area contributed by atoms with Gasteiger partial charge in [-0.15, -0.1) is 0 Å². The van der Waals surface area contributed by atoms with Gasteiger partial charge in [-0.25, -0.2) is 0 Å². The molecule has 2 N–H and O–H groups in total. The van der Waals surface area contributed by atoms with Gasteiger partial charge in [0.25, 0.3) is 0 Å². The van der Waals surface area contributed by atoms with Crippen LogP contribution in [-0.2, 0) is 6.42 Å². The van der Waals surface area contributed by atoms with E-state index in [2.05, 4.69) is 44.7 Å². The summed E-state index contributed by atoms with van der Waals surface area (Å²) in [5.74, 6) is 0. The first-order chi connectivity index (χ1) is 9.92. The molecule has 0 amide bonds. The monoisotopic (exact) mass is 310 g/mol. The molecule has 0 heterocycles. The van der Waals surface area contributed by atoms with Gasteiger partial charge >= 0.3 is 0 Å². The summed E-state index contributed by atoms with van der Waals surface area (Å²) in [6.07, 6.45) is 4.74. The predicted octanol–water partition coefficient (Wildman–Crippen LogP) is 4.50. The molecule has 0 saturated heterocycles. The van der Waals surface area contributed by atoms with E-state index in [4.69, 9.17) is 17.3 Å². The van der Waals surface area contributed by atoms with Crippen LogP contribution in [0.15, 0.2) is 24.3 Å². The van der Waals surface area contributed by atoms with Crippen LogP contribution in [0.3, 0.4) is 0 Å². The van der Waals surface area contributed by atoms with Crippen LogP contribution in [0.4, 0.5) is 0 Å². The quantitative estimate of drug-likeness (QED) is 0.680. The molecule has 120 valence electrons. The van der Waals surface area contributed by atoms with E-state index in [1.54, 1.807) is 0 Å². The Morgan fingerprint density at radius 1 is 1.19 bits per heavy atom. The Kier molecular flexibility index (Phi) is 7.72. The number of hydrogen-bond acceptors (Lipinski definition) is 2. The van der Waals surface area contributed by atoms with Gasteiger partial charge < -0.3 is 5.73 Å². The molecular formula is C18H31ClN2. The zero-order valence-electron chi connectivity index (χ0n) is 14.0. The third-order valence-electron chi connectivity index (χ3n) is 4.26. The molecule has 0 aliphatic rings. The molecule has 1 atom stereocenters. The molecule has 1 unspecified atom stereocenters. The highest BCUT2D eigenvalue weighted by Gasteiger charge is 2.32. The van der Waals surface area contributed by atoms with Crippen LogP contribution in [0, 0.1) is 0 Å². The summed E-state index contributed by atoms with van der Waals surface area (Å²) in [5.41, 5.74) is 7.46. The van der Waals surface area contributed by atoms with E-state index in [9.17, 15) is 0 Å². The molecule has 21 heavy (non-hydrogen) atoms. The maximum absolute atomic E-state index is 6.16. The summed E-state index contributed by atoms with van der Waals surface area (Å²) in [6, 6.07) is 8.65. The second-order valence-electron chi connectivity index (χ2n) is 6.50. The molecule has 2 nitrogen and oxygen atoms in total. The number of nitrogens with two attached hydrogens (primary N) is 1. The number of halogens is 1.